The standard InChI is InChI=1S/C19H21N3S/c1-20-13-18-12-19(23-15-17-10-6-3-7-11-17)22(21-18)14-16-8-4-2-5-9-16/h2-12,20H,13-15H2,1H3. The molecule has 0 amide bonds. The van der Waals surface area contributed by atoms with E-state index in [4.69, 9.17) is 5.10 Å². The van der Waals surface area contributed by atoms with Crippen LogP contribution in [-0.4, -0.2) is 16.8 Å². The summed E-state index contributed by atoms with van der Waals surface area (Å²) in [5.41, 5.74) is 3.69. The second-order valence-corrected chi connectivity index (χ2v) is 6.42. The molecule has 0 saturated carbocycles. The third-order valence-corrected chi connectivity index (χ3v) is 4.66. The molecule has 3 rings (SSSR count). The highest BCUT2D eigenvalue weighted by molar-refractivity contribution is 7.98. The molecule has 1 N–H and O–H groups in total. The molecule has 0 saturated heterocycles. The molecule has 1 heterocycles. The first-order valence-corrected chi connectivity index (χ1v) is 8.75. The van der Waals surface area contributed by atoms with Gasteiger partial charge in [-0.1, -0.05) is 60.7 Å². The molecule has 0 unspecified atom stereocenters. The largest absolute Gasteiger partial charge is 0.314 e. The molecule has 0 radical (unpaired) electrons. The minimum Gasteiger partial charge on any atom is -0.314 e. The highest BCUT2D eigenvalue weighted by atomic mass is 32.2. The third-order valence-electron chi connectivity index (χ3n) is 3.56. The molecule has 0 bridgehead atoms. The highest BCUT2D eigenvalue weighted by Crippen LogP contribution is 2.24. The van der Waals surface area contributed by atoms with Gasteiger partial charge in [-0.15, -0.1) is 11.8 Å². The lowest BCUT2D eigenvalue weighted by Gasteiger charge is -2.07. The van der Waals surface area contributed by atoms with E-state index in [2.05, 4.69) is 70.7 Å². The molecule has 0 fully saturated rings. The molecule has 2 aromatic carbocycles. The maximum atomic E-state index is 4.74. The first-order chi connectivity index (χ1) is 11.3. The lowest BCUT2D eigenvalue weighted by atomic mass is 10.2. The molecule has 23 heavy (non-hydrogen) atoms. The molecule has 0 aliphatic carbocycles. The smallest absolute Gasteiger partial charge is 0.0950 e. The summed E-state index contributed by atoms with van der Waals surface area (Å²) in [5, 5.41) is 9.13. The van der Waals surface area contributed by atoms with E-state index in [1.807, 2.05) is 24.9 Å². The van der Waals surface area contributed by atoms with Gasteiger partial charge in [0, 0.05) is 12.3 Å². The van der Waals surface area contributed by atoms with Crippen molar-refractivity contribution in [3.8, 4) is 0 Å². The Morgan fingerprint density at radius 2 is 1.61 bits per heavy atom. The maximum Gasteiger partial charge on any atom is 0.0950 e. The summed E-state index contributed by atoms with van der Waals surface area (Å²) in [6, 6.07) is 23.2. The van der Waals surface area contributed by atoms with Crippen molar-refractivity contribution in [3.05, 3.63) is 83.6 Å². The van der Waals surface area contributed by atoms with Gasteiger partial charge in [-0.3, -0.25) is 4.68 Å². The van der Waals surface area contributed by atoms with E-state index < -0.39 is 0 Å². The van der Waals surface area contributed by atoms with Crippen molar-refractivity contribution in [1.29, 1.82) is 0 Å². The number of rotatable bonds is 7. The first-order valence-electron chi connectivity index (χ1n) is 7.77. The molecule has 0 atom stereocenters. The van der Waals surface area contributed by atoms with Crippen molar-refractivity contribution in [2.45, 2.75) is 23.9 Å². The van der Waals surface area contributed by atoms with E-state index in [1.165, 1.54) is 16.2 Å². The van der Waals surface area contributed by atoms with Crippen LogP contribution in [-0.2, 0) is 18.8 Å². The van der Waals surface area contributed by atoms with Crippen LogP contribution in [0.1, 0.15) is 16.8 Å². The number of aromatic nitrogens is 2. The van der Waals surface area contributed by atoms with Crippen LogP contribution in [0.25, 0.3) is 0 Å². The molecule has 4 heteroatoms. The van der Waals surface area contributed by atoms with Crippen LogP contribution in [0.5, 0.6) is 0 Å². The van der Waals surface area contributed by atoms with E-state index in [0.29, 0.717) is 0 Å². The molecule has 3 nitrogen and oxygen atoms in total. The molecular formula is C19H21N3S. The average molecular weight is 323 g/mol. The van der Waals surface area contributed by atoms with E-state index >= 15 is 0 Å². The van der Waals surface area contributed by atoms with Gasteiger partial charge in [-0.25, -0.2) is 0 Å². The summed E-state index contributed by atoms with van der Waals surface area (Å²) in [5.74, 6) is 0.959. The van der Waals surface area contributed by atoms with Gasteiger partial charge in [0.25, 0.3) is 0 Å². The fourth-order valence-electron chi connectivity index (χ4n) is 2.44. The molecule has 118 valence electrons. The van der Waals surface area contributed by atoms with Crippen LogP contribution in [0.15, 0.2) is 71.8 Å². The Balaban J connectivity index is 1.77. The minimum absolute atomic E-state index is 0.792. The second-order valence-electron chi connectivity index (χ2n) is 5.42. The van der Waals surface area contributed by atoms with E-state index in [0.717, 1.165) is 24.5 Å². The Kier molecular flexibility index (Phi) is 5.51. The maximum absolute atomic E-state index is 4.74. The molecule has 0 aliphatic heterocycles. The van der Waals surface area contributed by atoms with E-state index in [1.54, 1.807) is 0 Å². The monoisotopic (exact) mass is 323 g/mol. The van der Waals surface area contributed by atoms with Crippen molar-refractivity contribution in [1.82, 2.24) is 15.1 Å². The number of hydrogen-bond donors (Lipinski definition) is 1. The van der Waals surface area contributed by atoms with Crippen molar-refractivity contribution in [2.75, 3.05) is 7.05 Å². The minimum atomic E-state index is 0.792. The summed E-state index contributed by atoms with van der Waals surface area (Å²) in [4.78, 5) is 0. The van der Waals surface area contributed by atoms with Crippen molar-refractivity contribution >= 4 is 11.8 Å². The van der Waals surface area contributed by atoms with Gasteiger partial charge in [-0.05, 0) is 24.2 Å². The Hall–Kier alpha value is -2.04. The summed E-state index contributed by atoms with van der Waals surface area (Å²) >= 11 is 1.84. The second kappa shape index (κ2) is 7.99. The van der Waals surface area contributed by atoms with E-state index in [-0.39, 0.29) is 0 Å². The fourth-order valence-corrected chi connectivity index (χ4v) is 3.42. The summed E-state index contributed by atoms with van der Waals surface area (Å²) < 4.78 is 2.11. The van der Waals surface area contributed by atoms with Gasteiger partial charge in [-0.2, -0.15) is 5.10 Å². The number of nitrogens with one attached hydrogen (secondary N) is 1. The Labute approximate surface area is 141 Å². The predicted octanol–water partition coefficient (Wildman–Crippen LogP) is 3.94. The van der Waals surface area contributed by atoms with E-state index in [9.17, 15) is 0 Å². The molecular weight excluding hydrogens is 302 g/mol. The fraction of sp³-hybridized carbons (Fsp3) is 0.211. The van der Waals surface area contributed by atoms with Gasteiger partial charge in [0.2, 0.25) is 0 Å². The summed E-state index contributed by atoms with van der Waals surface area (Å²) in [7, 11) is 1.95. The van der Waals surface area contributed by atoms with Gasteiger partial charge >= 0.3 is 0 Å². The van der Waals surface area contributed by atoms with Crippen molar-refractivity contribution < 1.29 is 0 Å². The SMILES string of the molecule is CNCc1cc(SCc2ccccc2)n(Cc2ccccc2)n1. The van der Waals surface area contributed by atoms with Gasteiger partial charge in [0.05, 0.1) is 17.3 Å². The summed E-state index contributed by atoms with van der Waals surface area (Å²) in [6.07, 6.45) is 0. The zero-order valence-corrected chi connectivity index (χ0v) is 14.1. The zero-order valence-electron chi connectivity index (χ0n) is 13.3. The lowest BCUT2D eigenvalue weighted by Crippen LogP contribution is -2.08. The lowest BCUT2D eigenvalue weighted by molar-refractivity contribution is 0.614. The van der Waals surface area contributed by atoms with Crippen LogP contribution >= 0.6 is 11.8 Å². The number of hydrogen-bond acceptors (Lipinski definition) is 3. The molecule has 3 aromatic rings. The number of thioether (sulfide) groups is 1. The van der Waals surface area contributed by atoms with Crippen LogP contribution < -0.4 is 5.32 Å². The van der Waals surface area contributed by atoms with Crippen molar-refractivity contribution in [2.24, 2.45) is 0 Å². The van der Waals surface area contributed by atoms with Gasteiger partial charge in [0.1, 0.15) is 0 Å². The van der Waals surface area contributed by atoms with Crippen LogP contribution in [0, 0.1) is 0 Å². The molecule has 0 aliphatic rings. The predicted molar refractivity (Wildman–Crippen MR) is 96.5 cm³/mol. The topological polar surface area (TPSA) is 29.9 Å². The van der Waals surface area contributed by atoms with Crippen LogP contribution in [0.3, 0.4) is 0 Å². The van der Waals surface area contributed by atoms with Crippen LogP contribution in [0.2, 0.25) is 0 Å². The van der Waals surface area contributed by atoms with Crippen LogP contribution in [0.4, 0.5) is 0 Å². The quantitative estimate of drug-likeness (QED) is 0.668. The van der Waals surface area contributed by atoms with Gasteiger partial charge in [0.15, 0.2) is 0 Å². The number of benzene rings is 2. The van der Waals surface area contributed by atoms with Gasteiger partial charge < -0.3 is 5.32 Å². The third kappa shape index (κ3) is 4.47. The number of nitrogens with zero attached hydrogens (tertiary/aromatic N) is 2. The molecule has 0 spiro atoms. The Morgan fingerprint density at radius 1 is 0.957 bits per heavy atom. The highest BCUT2D eigenvalue weighted by Gasteiger charge is 2.09. The Bertz CT molecular complexity index is 723. The van der Waals surface area contributed by atoms with Crippen molar-refractivity contribution in [3.63, 3.8) is 0 Å². The molecule has 1 aromatic heterocycles. The first kappa shape index (κ1) is 15.8. The summed E-state index contributed by atoms with van der Waals surface area (Å²) in [6.45, 7) is 1.60. The zero-order chi connectivity index (χ0) is 15.9. The normalized spacial score (nSPS) is 10.8. The Morgan fingerprint density at radius 3 is 2.26 bits per heavy atom. The average Bonchev–Trinajstić information content (AvgIpc) is 2.97.